The maximum Gasteiger partial charge on any atom is 0.245 e. The van der Waals surface area contributed by atoms with E-state index in [0.717, 1.165) is 49.6 Å². The number of hydrogen-bond acceptors (Lipinski definition) is 6. The van der Waals surface area contributed by atoms with Crippen LogP contribution < -0.4 is 10.1 Å². The van der Waals surface area contributed by atoms with E-state index in [1.54, 1.807) is 16.7 Å². The zero-order valence-electron chi connectivity index (χ0n) is 22.8. The summed E-state index contributed by atoms with van der Waals surface area (Å²) in [6.07, 6.45) is 6.05. The number of benzene rings is 1. The molecular weight excluding hydrogens is 484 g/mol. The minimum atomic E-state index is -0.492. The lowest BCUT2D eigenvalue weighted by atomic mass is 9.95. The molecule has 2 bridgehead atoms. The van der Waals surface area contributed by atoms with Gasteiger partial charge in [0.25, 0.3) is 0 Å². The van der Waals surface area contributed by atoms with E-state index < -0.39 is 6.04 Å². The van der Waals surface area contributed by atoms with E-state index in [-0.39, 0.29) is 47.3 Å². The third-order valence-corrected chi connectivity index (χ3v) is 8.82. The van der Waals surface area contributed by atoms with E-state index in [9.17, 15) is 19.2 Å². The predicted octanol–water partition coefficient (Wildman–Crippen LogP) is 3.46. The molecule has 3 aliphatic rings. The molecule has 1 saturated carbocycles. The average Bonchev–Trinajstić information content (AvgIpc) is 3.31. The molecule has 9 heteroatoms. The number of Topliss-reactive ketones (excluding diaryl/α,β-unsaturated/α-hetero) is 2. The van der Waals surface area contributed by atoms with Crippen molar-refractivity contribution < 1.29 is 23.9 Å². The third-order valence-electron chi connectivity index (χ3n) is 8.82. The molecule has 2 aromatic rings. The second-order valence-electron chi connectivity index (χ2n) is 11.4. The second kappa shape index (κ2) is 10.2. The van der Waals surface area contributed by atoms with Crippen molar-refractivity contribution in [3.05, 3.63) is 23.4 Å². The fourth-order valence-electron chi connectivity index (χ4n) is 6.53. The van der Waals surface area contributed by atoms with Gasteiger partial charge in [-0.25, -0.2) is 0 Å². The first-order chi connectivity index (χ1) is 18.2. The first kappa shape index (κ1) is 26.4. The van der Waals surface area contributed by atoms with E-state index >= 15 is 0 Å². The Morgan fingerprint density at radius 3 is 2.68 bits per heavy atom. The van der Waals surface area contributed by atoms with E-state index in [1.165, 1.54) is 6.92 Å². The van der Waals surface area contributed by atoms with Gasteiger partial charge in [0.05, 0.1) is 18.7 Å². The number of ether oxygens (including phenoxy) is 1. The summed E-state index contributed by atoms with van der Waals surface area (Å²) in [5.74, 6) is 0.297. The molecular formula is C29H38N4O5. The number of aryl methyl sites for hydroxylation is 1. The van der Waals surface area contributed by atoms with Crippen molar-refractivity contribution in [1.29, 1.82) is 0 Å². The molecule has 3 heterocycles. The lowest BCUT2D eigenvalue weighted by Gasteiger charge is -2.26. The van der Waals surface area contributed by atoms with Crippen molar-refractivity contribution in [2.24, 2.45) is 11.3 Å². The van der Waals surface area contributed by atoms with Gasteiger partial charge < -0.3 is 15.0 Å². The maximum atomic E-state index is 13.9. The van der Waals surface area contributed by atoms with Crippen LogP contribution in [0.1, 0.15) is 81.8 Å². The number of rotatable bonds is 4. The zero-order valence-corrected chi connectivity index (χ0v) is 22.8. The van der Waals surface area contributed by atoms with Crippen LogP contribution in [-0.2, 0) is 27.3 Å². The van der Waals surface area contributed by atoms with Gasteiger partial charge in [0.15, 0.2) is 11.6 Å². The SMILES string of the molecule is CCC(=O)[C@@H]1C[C@]23CNC(=O)[C@@H](C)CCCCCc4cc(OC)cc5c(C(C)=O)nn(c45)CC(=O)N1[C@@H]2C3. The summed E-state index contributed by atoms with van der Waals surface area (Å²) in [7, 11) is 1.60. The van der Waals surface area contributed by atoms with E-state index in [4.69, 9.17) is 4.74 Å². The van der Waals surface area contributed by atoms with Crippen molar-refractivity contribution in [3.63, 3.8) is 0 Å². The first-order valence-electron chi connectivity index (χ1n) is 13.9. The van der Waals surface area contributed by atoms with E-state index in [1.807, 2.05) is 26.0 Å². The van der Waals surface area contributed by atoms with Crippen LogP contribution in [0.3, 0.4) is 0 Å². The van der Waals surface area contributed by atoms with Crippen molar-refractivity contribution >= 4 is 34.3 Å². The smallest absolute Gasteiger partial charge is 0.245 e. The van der Waals surface area contributed by atoms with Crippen LogP contribution in [-0.4, -0.2) is 63.8 Å². The first-order valence-corrected chi connectivity index (χ1v) is 13.9. The minimum absolute atomic E-state index is 0.0409. The van der Waals surface area contributed by atoms with Gasteiger partial charge in [0, 0.05) is 42.7 Å². The highest BCUT2D eigenvalue weighted by atomic mass is 16.5. The fraction of sp³-hybridized carbons (Fsp3) is 0.621. The molecule has 38 heavy (non-hydrogen) atoms. The van der Waals surface area contributed by atoms with Crippen molar-refractivity contribution in [2.45, 2.75) is 90.8 Å². The van der Waals surface area contributed by atoms with Gasteiger partial charge in [0.1, 0.15) is 18.0 Å². The highest BCUT2D eigenvalue weighted by Crippen LogP contribution is 2.59. The zero-order chi connectivity index (χ0) is 27.2. The van der Waals surface area contributed by atoms with Crippen LogP contribution in [0.5, 0.6) is 5.75 Å². The molecule has 2 fully saturated rings. The van der Waals surface area contributed by atoms with Crippen LogP contribution in [0, 0.1) is 11.3 Å². The Balaban J connectivity index is 1.57. The molecule has 9 nitrogen and oxygen atoms in total. The number of aromatic nitrogens is 2. The van der Waals surface area contributed by atoms with Gasteiger partial charge in [0.2, 0.25) is 11.8 Å². The highest BCUT2D eigenvalue weighted by molar-refractivity contribution is 6.06. The maximum absolute atomic E-state index is 13.9. The Morgan fingerprint density at radius 2 is 1.97 bits per heavy atom. The number of amides is 2. The lowest BCUT2D eigenvalue weighted by molar-refractivity contribution is -0.139. The van der Waals surface area contributed by atoms with Crippen molar-refractivity contribution in [1.82, 2.24) is 20.0 Å². The van der Waals surface area contributed by atoms with Crippen LogP contribution in [0.15, 0.2) is 12.1 Å². The Labute approximate surface area is 223 Å². The summed E-state index contributed by atoms with van der Waals surface area (Å²) in [6.45, 7) is 5.71. The number of piperidine rings is 1. The van der Waals surface area contributed by atoms with Crippen molar-refractivity contribution in [3.8, 4) is 5.75 Å². The molecule has 1 N–H and O–H groups in total. The molecule has 0 spiro atoms. The Bertz CT molecular complexity index is 1300. The van der Waals surface area contributed by atoms with Crippen LogP contribution in [0.2, 0.25) is 0 Å². The van der Waals surface area contributed by atoms with Gasteiger partial charge >= 0.3 is 0 Å². The summed E-state index contributed by atoms with van der Waals surface area (Å²) < 4.78 is 7.19. The van der Waals surface area contributed by atoms with Gasteiger partial charge in [-0.15, -0.1) is 0 Å². The average molecular weight is 523 g/mol. The predicted molar refractivity (Wildman–Crippen MR) is 142 cm³/mol. The molecule has 0 radical (unpaired) electrons. The van der Waals surface area contributed by atoms with Crippen molar-refractivity contribution in [2.75, 3.05) is 13.7 Å². The Kier molecular flexibility index (Phi) is 7.05. The monoisotopic (exact) mass is 522 g/mol. The van der Waals surface area contributed by atoms with Crippen LogP contribution in [0.4, 0.5) is 0 Å². The van der Waals surface area contributed by atoms with Crippen LogP contribution in [0.25, 0.3) is 10.9 Å². The summed E-state index contributed by atoms with van der Waals surface area (Å²) in [5, 5.41) is 8.43. The minimum Gasteiger partial charge on any atom is -0.497 e. The highest BCUT2D eigenvalue weighted by Gasteiger charge is 2.66. The Hall–Kier alpha value is -3.23. The number of carbonyl (C=O) groups excluding carboxylic acids is 4. The standard InChI is InChI=1S/C29H38N4O5/c1-5-23(35)22-13-29-14-24(29)33(22)25(36)15-32-27-19(10-8-6-7-9-17(2)28(37)30-16-29)11-20(38-4)12-21(27)26(31-32)18(3)34/h11-12,17,22,24H,5-10,13-16H2,1-4H3,(H,30,37)/t17-,22-,24+,29-/m0/s1. The topological polar surface area (TPSA) is 111 Å². The van der Waals surface area contributed by atoms with Gasteiger partial charge in [-0.1, -0.05) is 26.7 Å². The largest absolute Gasteiger partial charge is 0.497 e. The van der Waals surface area contributed by atoms with E-state index in [0.29, 0.717) is 36.2 Å². The molecule has 5 rings (SSSR count). The molecule has 2 amide bonds. The molecule has 1 aromatic carbocycles. The number of ketones is 2. The molecule has 2 aliphatic heterocycles. The summed E-state index contributed by atoms with van der Waals surface area (Å²) in [6, 6.07) is 3.21. The second-order valence-corrected chi connectivity index (χ2v) is 11.4. The molecule has 1 aliphatic carbocycles. The number of nitrogens with one attached hydrogen (secondary N) is 1. The fourth-order valence-corrected chi connectivity index (χ4v) is 6.53. The number of carbonyl (C=O) groups is 4. The number of methoxy groups -OCH3 is 1. The number of nitrogens with zero attached hydrogens (tertiary/aromatic N) is 3. The molecule has 1 saturated heterocycles. The summed E-state index contributed by atoms with van der Waals surface area (Å²) in [4.78, 5) is 53.9. The molecule has 4 atom stereocenters. The number of hydrogen-bond donors (Lipinski definition) is 1. The molecule has 204 valence electrons. The van der Waals surface area contributed by atoms with Gasteiger partial charge in [-0.3, -0.25) is 23.9 Å². The normalized spacial score (nSPS) is 28.0. The summed E-state index contributed by atoms with van der Waals surface area (Å²) in [5.41, 5.74) is 1.83. The van der Waals surface area contributed by atoms with E-state index in [2.05, 4.69) is 10.4 Å². The molecule has 0 unspecified atom stereocenters. The lowest BCUT2D eigenvalue weighted by Crippen LogP contribution is -2.44. The van der Waals surface area contributed by atoms with Crippen LogP contribution >= 0.6 is 0 Å². The quantitative estimate of drug-likeness (QED) is 0.616. The molecule has 1 aromatic heterocycles. The van der Waals surface area contributed by atoms with Gasteiger partial charge in [-0.05, 0) is 49.8 Å². The Morgan fingerprint density at radius 1 is 1.18 bits per heavy atom. The summed E-state index contributed by atoms with van der Waals surface area (Å²) >= 11 is 0. The van der Waals surface area contributed by atoms with Gasteiger partial charge in [-0.2, -0.15) is 5.10 Å². The third kappa shape index (κ3) is 4.60.